The van der Waals surface area contributed by atoms with Crippen molar-refractivity contribution in [1.82, 2.24) is 9.44 Å². The molecule has 0 unspecified atom stereocenters. The van der Waals surface area contributed by atoms with Crippen LogP contribution in [0.3, 0.4) is 0 Å². The molecule has 37 heavy (non-hydrogen) atoms. The first-order valence-electron chi connectivity index (χ1n) is 11.4. The zero-order chi connectivity index (χ0) is 26.5. The van der Waals surface area contributed by atoms with E-state index >= 15 is 0 Å². The Morgan fingerprint density at radius 1 is 0.676 bits per heavy atom. The van der Waals surface area contributed by atoms with Crippen LogP contribution in [0.25, 0.3) is 11.1 Å². The average molecular weight is 545 g/mol. The van der Waals surface area contributed by atoms with Crippen molar-refractivity contribution in [2.45, 2.75) is 9.79 Å². The molecule has 4 rings (SSSR count). The van der Waals surface area contributed by atoms with Crippen molar-refractivity contribution in [2.75, 3.05) is 45.9 Å². The highest BCUT2D eigenvalue weighted by atomic mass is 32.2. The third kappa shape index (κ3) is 6.06. The Labute approximate surface area is 216 Å². The van der Waals surface area contributed by atoms with Crippen molar-refractivity contribution in [3.05, 3.63) is 77.9 Å². The molecule has 0 saturated heterocycles. The van der Waals surface area contributed by atoms with Crippen molar-refractivity contribution in [3.63, 3.8) is 0 Å². The van der Waals surface area contributed by atoms with Crippen molar-refractivity contribution in [3.8, 4) is 11.1 Å². The number of nitrogens with one attached hydrogen (secondary N) is 3. The van der Waals surface area contributed by atoms with E-state index in [1.165, 1.54) is 26.4 Å². The summed E-state index contributed by atoms with van der Waals surface area (Å²) in [6.45, 7) is 0.728. The topological polar surface area (TPSA) is 135 Å². The van der Waals surface area contributed by atoms with Crippen LogP contribution < -0.4 is 14.9 Å². The van der Waals surface area contributed by atoms with Gasteiger partial charge in [0.05, 0.1) is 34.4 Å². The number of hydrazone groups is 1. The zero-order valence-electron chi connectivity index (χ0n) is 20.4. The highest BCUT2D eigenvalue weighted by Gasteiger charge is 2.29. The van der Waals surface area contributed by atoms with Crippen LogP contribution in [0.4, 0.5) is 5.69 Å². The number of ether oxygens (including phenoxy) is 2. The Kier molecular flexibility index (Phi) is 8.37. The molecule has 0 saturated carbocycles. The number of hydrogen-bond donors (Lipinski definition) is 3. The highest BCUT2D eigenvalue weighted by Crippen LogP contribution is 2.39. The number of nitrogens with zero attached hydrogens (tertiary/aromatic N) is 1. The van der Waals surface area contributed by atoms with Gasteiger partial charge in [0.25, 0.3) is 0 Å². The van der Waals surface area contributed by atoms with Crippen LogP contribution >= 0.6 is 0 Å². The van der Waals surface area contributed by atoms with Gasteiger partial charge in [0, 0.05) is 38.4 Å². The standard InChI is InChI=1S/C25H28N4O6S2/c1-34-14-12-26-36(30,31)19-8-10-21-22-11-9-20(37(32,33)27-13-15-35-2)17-24(22)25(23(21)16-19)29-28-18-6-4-3-5-7-18/h3-11,16-17,26-28H,12-15H2,1-2H3. The van der Waals surface area contributed by atoms with Crippen molar-refractivity contribution in [1.29, 1.82) is 0 Å². The molecule has 0 fully saturated rings. The van der Waals surface area contributed by atoms with E-state index in [4.69, 9.17) is 9.47 Å². The predicted molar refractivity (Wildman–Crippen MR) is 142 cm³/mol. The number of fused-ring (bicyclic) bond motifs is 3. The first-order valence-corrected chi connectivity index (χ1v) is 14.4. The lowest BCUT2D eigenvalue weighted by Gasteiger charge is -2.09. The summed E-state index contributed by atoms with van der Waals surface area (Å²) in [5.74, 6) is 0. The van der Waals surface area contributed by atoms with E-state index in [0.717, 1.165) is 16.8 Å². The molecule has 10 nitrogen and oxygen atoms in total. The molecule has 12 heteroatoms. The number of anilines is 1. The summed E-state index contributed by atoms with van der Waals surface area (Å²) in [7, 11) is -4.62. The molecular formula is C25H28N4O6S2. The molecule has 3 aromatic rings. The minimum atomic E-state index is -3.80. The molecule has 1 aliphatic rings. The van der Waals surface area contributed by atoms with Crippen molar-refractivity contribution < 1.29 is 26.3 Å². The summed E-state index contributed by atoms with van der Waals surface area (Å²) in [4.78, 5) is 0.133. The Morgan fingerprint density at radius 2 is 1.16 bits per heavy atom. The lowest BCUT2D eigenvalue weighted by Crippen LogP contribution is -2.27. The molecule has 3 aromatic carbocycles. The smallest absolute Gasteiger partial charge is 0.240 e. The second-order valence-corrected chi connectivity index (χ2v) is 11.7. The summed E-state index contributed by atoms with van der Waals surface area (Å²) in [5, 5.41) is 4.57. The molecule has 1 aliphatic carbocycles. The number of methoxy groups -OCH3 is 2. The molecule has 0 aliphatic heterocycles. The monoisotopic (exact) mass is 544 g/mol. The largest absolute Gasteiger partial charge is 0.383 e. The quantitative estimate of drug-likeness (QED) is 0.184. The molecule has 0 amide bonds. The predicted octanol–water partition coefficient (Wildman–Crippen LogP) is 2.38. The minimum absolute atomic E-state index is 0.0663. The molecule has 0 spiro atoms. The van der Waals surface area contributed by atoms with E-state index in [0.29, 0.717) is 16.8 Å². The van der Waals surface area contributed by atoms with Gasteiger partial charge in [0.1, 0.15) is 0 Å². The van der Waals surface area contributed by atoms with Gasteiger partial charge in [-0.1, -0.05) is 30.3 Å². The third-order valence-electron chi connectivity index (χ3n) is 5.67. The Morgan fingerprint density at radius 3 is 1.62 bits per heavy atom. The fourth-order valence-corrected chi connectivity index (χ4v) is 5.94. The molecule has 0 radical (unpaired) electrons. The second kappa shape index (κ2) is 11.5. The normalized spacial score (nSPS) is 12.8. The number of sulfonamides is 2. The maximum atomic E-state index is 12.9. The molecule has 3 N–H and O–H groups in total. The van der Waals surface area contributed by atoms with Gasteiger partial charge in [-0.25, -0.2) is 26.3 Å². The van der Waals surface area contributed by atoms with E-state index < -0.39 is 20.0 Å². The molecule has 0 bridgehead atoms. The van der Waals surface area contributed by atoms with Gasteiger partial charge in [-0.05, 0) is 47.5 Å². The highest BCUT2D eigenvalue weighted by molar-refractivity contribution is 7.89. The van der Waals surface area contributed by atoms with Crippen LogP contribution in [0.5, 0.6) is 0 Å². The van der Waals surface area contributed by atoms with Gasteiger partial charge < -0.3 is 9.47 Å². The number of rotatable bonds is 12. The van der Waals surface area contributed by atoms with Crippen LogP contribution in [-0.4, -0.2) is 63.1 Å². The summed E-state index contributed by atoms with van der Waals surface area (Å²) in [5.41, 5.74) is 6.76. The minimum Gasteiger partial charge on any atom is -0.383 e. The summed E-state index contributed by atoms with van der Waals surface area (Å²) in [6.07, 6.45) is 0. The SMILES string of the molecule is COCCNS(=O)(=O)c1ccc2c(c1)C(=NNc1ccccc1)c1cc(S(=O)(=O)NCCOC)ccc1-2. The zero-order valence-corrected chi connectivity index (χ0v) is 22.0. The van der Waals surface area contributed by atoms with Crippen LogP contribution in [0.15, 0.2) is 81.6 Å². The van der Waals surface area contributed by atoms with Crippen molar-refractivity contribution >= 4 is 31.4 Å². The Balaban J connectivity index is 1.78. The number of para-hydroxylation sites is 1. The van der Waals surface area contributed by atoms with Gasteiger partial charge in [-0.3, -0.25) is 5.43 Å². The maximum Gasteiger partial charge on any atom is 0.240 e. The van der Waals surface area contributed by atoms with Crippen molar-refractivity contribution in [2.24, 2.45) is 5.10 Å². The summed E-state index contributed by atoms with van der Waals surface area (Å²) >= 11 is 0. The number of hydrogen-bond acceptors (Lipinski definition) is 8. The Hall–Kier alpha value is -3.13. The fourth-order valence-electron chi connectivity index (χ4n) is 3.86. The van der Waals surface area contributed by atoms with Crippen LogP contribution in [0.2, 0.25) is 0 Å². The molecule has 0 aromatic heterocycles. The fraction of sp³-hybridized carbons (Fsp3) is 0.240. The van der Waals surface area contributed by atoms with Gasteiger partial charge in [-0.15, -0.1) is 0 Å². The van der Waals surface area contributed by atoms with Gasteiger partial charge in [0.15, 0.2) is 0 Å². The van der Waals surface area contributed by atoms with Gasteiger partial charge >= 0.3 is 0 Å². The first-order chi connectivity index (χ1) is 17.8. The summed E-state index contributed by atoms with van der Waals surface area (Å²) in [6, 6.07) is 18.8. The lowest BCUT2D eigenvalue weighted by atomic mass is 10.1. The van der Waals surface area contributed by atoms with E-state index in [2.05, 4.69) is 20.0 Å². The first kappa shape index (κ1) is 26.9. The van der Waals surface area contributed by atoms with E-state index in [9.17, 15) is 16.8 Å². The van der Waals surface area contributed by atoms with E-state index in [1.807, 2.05) is 30.3 Å². The Bertz CT molecular complexity index is 1420. The van der Waals surface area contributed by atoms with Crippen LogP contribution in [0.1, 0.15) is 11.1 Å². The lowest BCUT2D eigenvalue weighted by molar-refractivity contribution is 0.204. The second-order valence-electron chi connectivity index (χ2n) is 8.13. The molecule has 0 heterocycles. The molecular weight excluding hydrogens is 516 g/mol. The van der Waals surface area contributed by atoms with Crippen LogP contribution in [-0.2, 0) is 29.5 Å². The maximum absolute atomic E-state index is 12.9. The summed E-state index contributed by atoms with van der Waals surface area (Å²) < 4.78 is 66.3. The van der Waals surface area contributed by atoms with Gasteiger partial charge in [-0.2, -0.15) is 5.10 Å². The van der Waals surface area contributed by atoms with E-state index in [-0.39, 0.29) is 36.1 Å². The van der Waals surface area contributed by atoms with Gasteiger partial charge in [0.2, 0.25) is 20.0 Å². The van der Waals surface area contributed by atoms with E-state index in [1.54, 1.807) is 24.3 Å². The molecule has 0 atom stereocenters. The average Bonchev–Trinajstić information content (AvgIpc) is 3.20. The molecule has 196 valence electrons. The number of benzene rings is 3. The van der Waals surface area contributed by atoms with Crippen LogP contribution in [0, 0.1) is 0 Å². The third-order valence-corrected chi connectivity index (χ3v) is 8.59.